The standard InChI is InChI=1S/C20H27N3OS.ClH/c1-3-15-4-6-17(7-5-15)20-22-18(13-25-20)12-19(24)23-10-8-16(9-11-23)14(2)21;/h4-7,13-14,16H,3,8-12,21H2,1-2H3;1H. The maximum absolute atomic E-state index is 12.5. The Hall–Kier alpha value is -1.43. The highest BCUT2D eigenvalue weighted by Crippen LogP contribution is 2.25. The molecule has 3 rings (SSSR count). The van der Waals surface area contributed by atoms with Crippen LogP contribution < -0.4 is 5.73 Å². The number of hydrogen-bond acceptors (Lipinski definition) is 4. The van der Waals surface area contributed by atoms with Gasteiger partial charge >= 0.3 is 0 Å². The van der Waals surface area contributed by atoms with Crippen molar-refractivity contribution < 1.29 is 4.79 Å². The molecule has 1 aliphatic rings. The molecule has 2 heterocycles. The first-order valence-corrected chi connectivity index (χ1v) is 10.0. The summed E-state index contributed by atoms with van der Waals surface area (Å²) < 4.78 is 0. The Morgan fingerprint density at radius 1 is 1.31 bits per heavy atom. The van der Waals surface area contributed by atoms with Gasteiger partial charge in [-0.1, -0.05) is 31.2 Å². The van der Waals surface area contributed by atoms with Crippen LogP contribution in [0.5, 0.6) is 0 Å². The summed E-state index contributed by atoms with van der Waals surface area (Å²) in [6.07, 6.45) is 3.45. The Balaban J connectivity index is 0.00000243. The van der Waals surface area contributed by atoms with Crippen LogP contribution in [0.4, 0.5) is 0 Å². The number of amides is 1. The van der Waals surface area contributed by atoms with Crippen molar-refractivity contribution in [3.05, 3.63) is 40.9 Å². The first-order chi connectivity index (χ1) is 12.1. The number of benzene rings is 1. The average Bonchev–Trinajstić information content (AvgIpc) is 3.10. The zero-order chi connectivity index (χ0) is 17.8. The highest BCUT2D eigenvalue weighted by molar-refractivity contribution is 7.13. The molecule has 1 amide bonds. The van der Waals surface area contributed by atoms with Gasteiger partial charge in [-0.25, -0.2) is 4.98 Å². The number of nitrogens with zero attached hydrogens (tertiary/aromatic N) is 2. The smallest absolute Gasteiger partial charge is 0.228 e. The second kappa shape index (κ2) is 9.49. The van der Waals surface area contributed by atoms with E-state index in [1.807, 2.05) is 10.3 Å². The average molecular weight is 394 g/mol. The molecule has 0 bridgehead atoms. The number of halogens is 1. The molecule has 26 heavy (non-hydrogen) atoms. The summed E-state index contributed by atoms with van der Waals surface area (Å²) in [5, 5.41) is 3.00. The van der Waals surface area contributed by atoms with Crippen LogP contribution in [0, 0.1) is 5.92 Å². The summed E-state index contributed by atoms with van der Waals surface area (Å²) >= 11 is 1.61. The molecular weight excluding hydrogens is 366 g/mol. The lowest BCUT2D eigenvalue weighted by Gasteiger charge is -2.33. The molecule has 0 saturated carbocycles. The Kier molecular flexibility index (Phi) is 7.62. The number of carbonyl (C=O) groups excluding carboxylic acids is 1. The summed E-state index contributed by atoms with van der Waals surface area (Å²) in [5.74, 6) is 0.724. The number of nitrogens with two attached hydrogens (primary N) is 1. The van der Waals surface area contributed by atoms with Gasteiger partial charge in [0.05, 0.1) is 12.1 Å². The second-order valence-electron chi connectivity index (χ2n) is 6.95. The van der Waals surface area contributed by atoms with Gasteiger partial charge in [0.15, 0.2) is 0 Å². The summed E-state index contributed by atoms with van der Waals surface area (Å²) in [5.41, 5.74) is 9.30. The molecule has 1 fully saturated rings. The first kappa shape index (κ1) is 20.9. The van der Waals surface area contributed by atoms with E-state index in [-0.39, 0.29) is 24.4 Å². The van der Waals surface area contributed by atoms with Crippen LogP contribution in [-0.2, 0) is 17.6 Å². The van der Waals surface area contributed by atoms with Gasteiger partial charge in [0, 0.05) is 30.1 Å². The molecule has 1 aromatic heterocycles. The summed E-state index contributed by atoms with van der Waals surface area (Å²) in [4.78, 5) is 19.2. The number of aryl methyl sites for hydroxylation is 1. The van der Waals surface area contributed by atoms with E-state index in [1.54, 1.807) is 11.3 Å². The van der Waals surface area contributed by atoms with Crippen molar-refractivity contribution >= 4 is 29.7 Å². The quantitative estimate of drug-likeness (QED) is 0.837. The monoisotopic (exact) mass is 393 g/mol. The molecule has 4 nitrogen and oxygen atoms in total. The third-order valence-corrected chi connectivity index (χ3v) is 6.07. The predicted molar refractivity (Wildman–Crippen MR) is 111 cm³/mol. The first-order valence-electron chi connectivity index (χ1n) is 9.14. The summed E-state index contributed by atoms with van der Waals surface area (Å²) in [6.45, 7) is 5.85. The Morgan fingerprint density at radius 2 is 1.96 bits per heavy atom. The van der Waals surface area contributed by atoms with Crippen molar-refractivity contribution in [1.29, 1.82) is 0 Å². The van der Waals surface area contributed by atoms with Gasteiger partial charge in [0.2, 0.25) is 5.91 Å². The molecule has 1 aromatic carbocycles. The molecule has 1 saturated heterocycles. The van der Waals surface area contributed by atoms with Crippen LogP contribution in [-0.4, -0.2) is 34.9 Å². The van der Waals surface area contributed by atoms with Crippen molar-refractivity contribution in [2.75, 3.05) is 13.1 Å². The fourth-order valence-corrected chi connectivity index (χ4v) is 4.17. The molecule has 6 heteroatoms. The molecule has 2 N–H and O–H groups in total. The van der Waals surface area contributed by atoms with Gasteiger partial charge in [-0.2, -0.15) is 0 Å². The zero-order valence-corrected chi connectivity index (χ0v) is 17.1. The fourth-order valence-electron chi connectivity index (χ4n) is 3.35. The number of hydrogen-bond donors (Lipinski definition) is 1. The molecule has 2 aromatic rings. The molecule has 1 atom stereocenters. The van der Waals surface area contributed by atoms with Crippen LogP contribution in [0.25, 0.3) is 10.6 Å². The summed E-state index contributed by atoms with van der Waals surface area (Å²) in [6, 6.07) is 8.73. The highest BCUT2D eigenvalue weighted by Gasteiger charge is 2.25. The van der Waals surface area contributed by atoms with E-state index < -0.39 is 0 Å². The topological polar surface area (TPSA) is 59.2 Å². The molecule has 1 aliphatic heterocycles. The fraction of sp³-hybridized carbons (Fsp3) is 0.500. The van der Waals surface area contributed by atoms with Crippen LogP contribution in [0.15, 0.2) is 29.6 Å². The van der Waals surface area contributed by atoms with E-state index >= 15 is 0 Å². The van der Waals surface area contributed by atoms with Gasteiger partial charge in [-0.05, 0) is 37.7 Å². The molecule has 142 valence electrons. The van der Waals surface area contributed by atoms with Crippen LogP contribution in [0.3, 0.4) is 0 Å². The minimum Gasteiger partial charge on any atom is -0.342 e. The predicted octanol–water partition coefficient (Wildman–Crippen LogP) is 3.92. The van der Waals surface area contributed by atoms with E-state index in [9.17, 15) is 4.79 Å². The minimum atomic E-state index is 0. The molecule has 0 aliphatic carbocycles. The van der Waals surface area contributed by atoms with Crippen LogP contribution in [0.2, 0.25) is 0 Å². The third-order valence-electron chi connectivity index (χ3n) is 5.13. The maximum atomic E-state index is 12.5. The van der Waals surface area contributed by atoms with Crippen molar-refractivity contribution in [2.24, 2.45) is 11.7 Å². The number of piperidine rings is 1. The molecule has 0 radical (unpaired) electrons. The van der Waals surface area contributed by atoms with Gasteiger partial charge in [0.25, 0.3) is 0 Å². The van der Waals surface area contributed by atoms with Crippen LogP contribution in [0.1, 0.15) is 37.9 Å². The minimum absolute atomic E-state index is 0. The van der Waals surface area contributed by atoms with Crippen LogP contribution >= 0.6 is 23.7 Å². The lowest BCUT2D eigenvalue weighted by molar-refractivity contribution is -0.132. The van der Waals surface area contributed by atoms with E-state index in [0.29, 0.717) is 12.3 Å². The molecular formula is C20H28ClN3OS. The SMILES string of the molecule is CCc1ccc(-c2nc(CC(=O)N3CCC(C(C)N)CC3)cs2)cc1.Cl. The van der Waals surface area contributed by atoms with Gasteiger partial charge in [-0.15, -0.1) is 23.7 Å². The van der Waals surface area contributed by atoms with E-state index in [1.165, 1.54) is 5.56 Å². The lowest BCUT2D eigenvalue weighted by atomic mass is 9.91. The lowest BCUT2D eigenvalue weighted by Crippen LogP contribution is -2.43. The number of rotatable bonds is 5. The highest BCUT2D eigenvalue weighted by atomic mass is 35.5. The van der Waals surface area contributed by atoms with Gasteiger partial charge in [-0.3, -0.25) is 4.79 Å². The number of aromatic nitrogens is 1. The normalized spacial score (nSPS) is 16.2. The number of carbonyl (C=O) groups is 1. The van der Waals surface area contributed by atoms with E-state index in [4.69, 9.17) is 5.73 Å². The Morgan fingerprint density at radius 3 is 2.54 bits per heavy atom. The van der Waals surface area contributed by atoms with Gasteiger partial charge < -0.3 is 10.6 Å². The third kappa shape index (κ3) is 5.06. The number of thiazole rings is 1. The number of likely N-dealkylation sites (tertiary alicyclic amines) is 1. The van der Waals surface area contributed by atoms with Crippen molar-refractivity contribution in [1.82, 2.24) is 9.88 Å². The van der Waals surface area contributed by atoms with Gasteiger partial charge in [0.1, 0.15) is 5.01 Å². The molecule has 1 unspecified atom stereocenters. The van der Waals surface area contributed by atoms with E-state index in [2.05, 4.69) is 43.1 Å². The van der Waals surface area contributed by atoms with Crippen molar-refractivity contribution in [3.8, 4) is 10.6 Å². The Bertz CT molecular complexity index is 706. The summed E-state index contributed by atoms with van der Waals surface area (Å²) in [7, 11) is 0. The zero-order valence-electron chi connectivity index (χ0n) is 15.5. The van der Waals surface area contributed by atoms with Crippen molar-refractivity contribution in [3.63, 3.8) is 0 Å². The largest absolute Gasteiger partial charge is 0.342 e. The maximum Gasteiger partial charge on any atom is 0.228 e. The van der Waals surface area contributed by atoms with Crippen molar-refractivity contribution in [2.45, 2.75) is 45.6 Å². The molecule has 0 spiro atoms. The Labute approximate surface area is 166 Å². The second-order valence-corrected chi connectivity index (χ2v) is 7.81. The van der Waals surface area contributed by atoms with E-state index in [0.717, 1.165) is 48.6 Å².